The fourth-order valence-electron chi connectivity index (χ4n) is 2.24. The van der Waals surface area contributed by atoms with Crippen LogP contribution >= 0.6 is 0 Å². The number of likely N-dealkylation sites (N-methyl/N-ethyl adjacent to an activating group) is 1. The van der Waals surface area contributed by atoms with E-state index < -0.39 is 0 Å². The Morgan fingerprint density at radius 2 is 1.85 bits per heavy atom. The standard InChI is InChI=1S/C14H26N6/c1-4-20(5-2)9-8-16-12-10(3)13(19-15)18-14(17-12)11-6-7-11/h11H,4-9,15H2,1-3H3,(H2,16,17,18,19). The van der Waals surface area contributed by atoms with Gasteiger partial charge in [-0.3, -0.25) is 0 Å². The van der Waals surface area contributed by atoms with E-state index >= 15 is 0 Å². The van der Waals surface area contributed by atoms with Crippen molar-refractivity contribution in [3.05, 3.63) is 11.4 Å². The van der Waals surface area contributed by atoms with Crippen LogP contribution in [0.3, 0.4) is 0 Å². The Kier molecular flexibility index (Phi) is 5.14. The highest BCUT2D eigenvalue weighted by atomic mass is 15.3. The van der Waals surface area contributed by atoms with Crippen LogP contribution in [-0.2, 0) is 0 Å². The van der Waals surface area contributed by atoms with E-state index in [1.807, 2.05) is 6.92 Å². The second-order valence-corrected chi connectivity index (χ2v) is 5.28. The highest BCUT2D eigenvalue weighted by Gasteiger charge is 2.28. The van der Waals surface area contributed by atoms with E-state index in [2.05, 4.69) is 39.5 Å². The molecule has 6 nitrogen and oxygen atoms in total. The van der Waals surface area contributed by atoms with E-state index in [1.54, 1.807) is 0 Å². The van der Waals surface area contributed by atoms with E-state index in [9.17, 15) is 0 Å². The number of nitrogen functional groups attached to an aromatic ring is 1. The van der Waals surface area contributed by atoms with E-state index in [4.69, 9.17) is 5.84 Å². The molecule has 0 aromatic carbocycles. The van der Waals surface area contributed by atoms with E-state index in [1.165, 1.54) is 12.8 Å². The maximum atomic E-state index is 5.55. The minimum atomic E-state index is 0.519. The molecule has 2 rings (SSSR count). The van der Waals surface area contributed by atoms with Crippen molar-refractivity contribution in [1.29, 1.82) is 0 Å². The Hall–Kier alpha value is -1.40. The highest BCUT2D eigenvalue weighted by molar-refractivity contribution is 5.57. The lowest BCUT2D eigenvalue weighted by molar-refractivity contribution is 0.316. The third-order valence-corrected chi connectivity index (χ3v) is 3.86. The first-order valence-corrected chi connectivity index (χ1v) is 7.50. The number of hydrogen-bond donors (Lipinski definition) is 3. The third kappa shape index (κ3) is 3.58. The first-order chi connectivity index (χ1) is 9.69. The Bertz CT molecular complexity index is 440. The monoisotopic (exact) mass is 278 g/mol. The molecule has 1 fully saturated rings. The molecular formula is C14H26N6. The maximum absolute atomic E-state index is 5.55. The molecule has 0 bridgehead atoms. The van der Waals surface area contributed by atoms with Crippen LogP contribution in [0.2, 0.25) is 0 Å². The van der Waals surface area contributed by atoms with Gasteiger partial charge in [0.25, 0.3) is 0 Å². The zero-order chi connectivity index (χ0) is 14.5. The molecule has 1 aromatic heterocycles. The summed E-state index contributed by atoms with van der Waals surface area (Å²) >= 11 is 0. The molecule has 0 unspecified atom stereocenters. The van der Waals surface area contributed by atoms with Crippen LogP contribution in [0.1, 0.15) is 44.0 Å². The lowest BCUT2D eigenvalue weighted by Crippen LogP contribution is -2.29. The van der Waals surface area contributed by atoms with E-state index in [-0.39, 0.29) is 0 Å². The van der Waals surface area contributed by atoms with Crippen LogP contribution in [-0.4, -0.2) is 41.0 Å². The van der Waals surface area contributed by atoms with Gasteiger partial charge in [0.05, 0.1) is 0 Å². The van der Waals surface area contributed by atoms with Gasteiger partial charge in [-0.05, 0) is 32.9 Å². The average molecular weight is 278 g/mol. The van der Waals surface area contributed by atoms with Gasteiger partial charge < -0.3 is 15.6 Å². The van der Waals surface area contributed by atoms with E-state index in [0.717, 1.165) is 49.2 Å². The predicted molar refractivity (Wildman–Crippen MR) is 82.8 cm³/mol. The molecule has 1 heterocycles. The van der Waals surface area contributed by atoms with Gasteiger partial charge in [0.15, 0.2) is 0 Å². The van der Waals surface area contributed by atoms with Gasteiger partial charge in [-0.2, -0.15) is 0 Å². The molecule has 0 spiro atoms. The van der Waals surface area contributed by atoms with Crippen molar-refractivity contribution in [3.8, 4) is 0 Å². The van der Waals surface area contributed by atoms with Crippen LogP contribution in [0.25, 0.3) is 0 Å². The molecule has 112 valence electrons. The van der Waals surface area contributed by atoms with Gasteiger partial charge in [0, 0.05) is 24.6 Å². The van der Waals surface area contributed by atoms with Crippen molar-refractivity contribution >= 4 is 11.6 Å². The molecule has 0 amide bonds. The zero-order valence-corrected chi connectivity index (χ0v) is 12.7. The molecule has 1 saturated carbocycles. The molecule has 0 atom stereocenters. The second-order valence-electron chi connectivity index (χ2n) is 5.28. The third-order valence-electron chi connectivity index (χ3n) is 3.86. The predicted octanol–water partition coefficient (Wildman–Crippen LogP) is 1.70. The Morgan fingerprint density at radius 3 is 2.40 bits per heavy atom. The molecule has 4 N–H and O–H groups in total. The van der Waals surface area contributed by atoms with Gasteiger partial charge in [0.1, 0.15) is 17.5 Å². The Morgan fingerprint density at radius 1 is 1.20 bits per heavy atom. The molecule has 0 radical (unpaired) electrons. The first-order valence-electron chi connectivity index (χ1n) is 7.50. The molecular weight excluding hydrogens is 252 g/mol. The topological polar surface area (TPSA) is 79.1 Å². The fraction of sp³-hybridized carbons (Fsp3) is 0.714. The van der Waals surface area contributed by atoms with Crippen molar-refractivity contribution < 1.29 is 0 Å². The van der Waals surface area contributed by atoms with Crippen LogP contribution in [0.15, 0.2) is 0 Å². The Balaban J connectivity index is 2.04. The van der Waals surface area contributed by atoms with Crippen molar-refractivity contribution in [2.24, 2.45) is 5.84 Å². The highest BCUT2D eigenvalue weighted by Crippen LogP contribution is 2.39. The number of anilines is 2. The lowest BCUT2D eigenvalue weighted by atomic mass is 10.3. The summed E-state index contributed by atoms with van der Waals surface area (Å²) in [4.78, 5) is 11.5. The summed E-state index contributed by atoms with van der Waals surface area (Å²) in [5, 5.41) is 3.42. The lowest BCUT2D eigenvalue weighted by Gasteiger charge is -2.19. The second kappa shape index (κ2) is 6.85. The van der Waals surface area contributed by atoms with Crippen LogP contribution in [0.4, 0.5) is 11.6 Å². The normalized spacial score (nSPS) is 14.7. The quantitative estimate of drug-likeness (QED) is 0.496. The molecule has 20 heavy (non-hydrogen) atoms. The minimum absolute atomic E-state index is 0.519. The number of nitrogens with two attached hydrogens (primary N) is 1. The van der Waals surface area contributed by atoms with Crippen LogP contribution in [0.5, 0.6) is 0 Å². The van der Waals surface area contributed by atoms with Gasteiger partial charge in [-0.1, -0.05) is 13.8 Å². The number of nitrogens with zero attached hydrogens (tertiary/aromatic N) is 3. The summed E-state index contributed by atoms with van der Waals surface area (Å²) in [5.74, 6) is 8.62. The van der Waals surface area contributed by atoms with Crippen LogP contribution in [0, 0.1) is 6.92 Å². The van der Waals surface area contributed by atoms with Crippen molar-refractivity contribution in [2.45, 2.75) is 39.5 Å². The maximum Gasteiger partial charge on any atom is 0.148 e. The summed E-state index contributed by atoms with van der Waals surface area (Å²) < 4.78 is 0. The molecule has 0 saturated heterocycles. The molecule has 6 heteroatoms. The summed E-state index contributed by atoms with van der Waals surface area (Å²) in [6.07, 6.45) is 2.37. The number of nitrogens with one attached hydrogen (secondary N) is 2. The molecule has 1 aliphatic rings. The summed E-state index contributed by atoms with van der Waals surface area (Å²) in [7, 11) is 0. The molecule has 0 aliphatic heterocycles. The number of rotatable bonds is 8. The molecule has 1 aromatic rings. The van der Waals surface area contributed by atoms with Crippen molar-refractivity contribution in [3.63, 3.8) is 0 Å². The summed E-state index contributed by atoms with van der Waals surface area (Å²) in [5.41, 5.74) is 3.66. The SMILES string of the molecule is CCN(CC)CCNc1nc(C2CC2)nc(NN)c1C. The number of hydrazine groups is 1. The van der Waals surface area contributed by atoms with Crippen molar-refractivity contribution in [1.82, 2.24) is 14.9 Å². The number of hydrogen-bond acceptors (Lipinski definition) is 6. The van der Waals surface area contributed by atoms with Gasteiger partial charge in [-0.25, -0.2) is 15.8 Å². The smallest absolute Gasteiger partial charge is 0.148 e. The van der Waals surface area contributed by atoms with Gasteiger partial charge in [0.2, 0.25) is 0 Å². The Labute approximate surface area is 121 Å². The molecule has 1 aliphatic carbocycles. The van der Waals surface area contributed by atoms with E-state index in [0.29, 0.717) is 5.92 Å². The van der Waals surface area contributed by atoms with Crippen molar-refractivity contribution in [2.75, 3.05) is 36.9 Å². The first kappa shape index (κ1) is 15.0. The van der Waals surface area contributed by atoms with Gasteiger partial charge >= 0.3 is 0 Å². The largest absolute Gasteiger partial charge is 0.368 e. The van der Waals surface area contributed by atoms with Gasteiger partial charge in [-0.15, -0.1) is 0 Å². The average Bonchev–Trinajstić information content (AvgIpc) is 3.30. The zero-order valence-electron chi connectivity index (χ0n) is 12.7. The fourth-order valence-corrected chi connectivity index (χ4v) is 2.24. The van der Waals surface area contributed by atoms with Crippen LogP contribution < -0.4 is 16.6 Å². The summed E-state index contributed by atoms with van der Waals surface area (Å²) in [6, 6.07) is 0. The minimum Gasteiger partial charge on any atom is -0.368 e. The number of aromatic nitrogens is 2. The summed E-state index contributed by atoms with van der Waals surface area (Å²) in [6.45, 7) is 10.4.